The number of hydrogen-bond acceptors (Lipinski definition) is 2. The zero-order valence-electron chi connectivity index (χ0n) is 14.0. The quantitative estimate of drug-likeness (QED) is 0.882. The molecule has 3 rings (SSSR count). The normalized spacial score (nSPS) is 16.1. The van der Waals surface area contributed by atoms with Crippen molar-refractivity contribution >= 4 is 17.5 Å². The van der Waals surface area contributed by atoms with Crippen molar-refractivity contribution in [2.45, 2.75) is 25.8 Å². The van der Waals surface area contributed by atoms with Gasteiger partial charge in [-0.15, -0.1) is 0 Å². The van der Waals surface area contributed by atoms with E-state index in [-0.39, 0.29) is 11.9 Å². The van der Waals surface area contributed by atoms with Gasteiger partial charge in [0, 0.05) is 17.1 Å². The highest BCUT2D eigenvalue weighted by atomic mass is 35.5. The Bertz CT molecular complexity index is 693. The van der Waals surface area contributed by atoms with E-state index < -0.39 is 0 Å². The molecule has 1 unspecified atom stereocenters. The second-order valence-electron chi connectivity index (χ2n) is 6.39. The number of nitrogens with zero attached hydrogens (tertiary/aromatic N) is 1. The van der Waals surface area contributed by atoms with E-state index >= 15 is 0 Å². The molecule has 1 atom stereocenters. The van der Waals surface area contributed by atoms with Crippen molar-refractivity contribution in [1.82, 2.24) is 10.2 Å². The first-order valence-electron chi connectivity index (χ1n) is 8.48. The number of nitrogens with one attached hydrogen (secondary N) is 1. The average Bonchev–Trinajstić information content (AvgIpc) is 3.11. The second kappa shape index (κ2) is 7.82. The van der Waals surface area contributed by atoms with Crippen LogP contribution in [-0.2, 0) is 0 Å². The van der Waals surface area contributed by atoms with Crippen molar-refractivity contribution in [3.05, 3.63) is 70.2 Å². The molecule has 2 aromatic carbocycles. The minimum atomic E-state index is -0.0752. The smallest absolute Gasteiger partial charge is 0.251 e. The lowest BCUT2D eigenvalue weighted by atomic mass is 10.0. The van der Waals surface area contributed by atoms with Gasteiger partial charge in [0.2, 0.25) is 0 Å². The Morgan fingerprint density at radius 1 is 1.17 bits per heavy atom. The van der Waals surface area contributed by atoms with E-state index in [9.17, 15) is 4.79 Å². The van der Waals surface area contributed by atoms with E-state index in [4.69, 9.17) is 11.6 Å². The van der Waals surface area contributed by atoms with Gasteiger partial charge in [0.25, 0.3) is 5.91 Å². The zero-order chi connectivity index (χ0) is 16.9. The number of likely N-dealkylation sites (tertiary alicyclic amines) is 1. The number of carbonyl (C=O) groups excluding carboxylic acids is 1. The maximum absolute atomic E-state index is 12.4. The lowest BCUT2D eigenvalue weighted by Gasteiger charge is -2.28. The third-order valence-electron chi connectivity index (χ3n) is 4.59. The fraction of sp³-hybridized carbons (Fsp3) is 0.350. The summed E-state index contributed by atoms with van der Waals surface area (Å²) < 4.78 is 0. The predicted molar refractivity (Wildman–Crippen MR) is 98.5 cm³/mol. The Balaban J connectivity index is 1.72. The number of benzene rings is 2. The highest BCUT2D eigenvalue weighted by Crippen LogP contribution is 2.25. The first-order valence-corrected chi connectivity index (χ1v) is 8.85. The number of halogens is 1. The Kier molecular flexibility index (Phi) is 5.54. The zero-order valence-corrected chi connectivity index (χ0v) is 14.7. The van der Waals surface area contributed by atoms with Crippen LogP contribution in [0.1, 0.15) is 40.4 Å². The van der Waals surface area contributed by atoms with Gasteiger partial charge in [-0.25, -0.2) is 0 Å². The molecule has 1 fully saturated rings. The van der Waals surface area contributed by atoms with E-state index in [1.807, 2.05) is 0 Å². The van der Waals surface area contributed by atoms with Crippen LogP contribution in [0.15, 0.2) is 48.5 Å². The molecule has 126 valence electrons. The van der Waals surface area contributed by atoms with Crippen LogP contribution < -0.4 is 5.32 Å². The summed E-state index contributed by atoms with van der Waals surface area (Å²) in [6.45, 7) is 4.88. The summed E-state index contributed by atoms with van der Waals surface area (Å²) in [5, 5.41) is 3.66. The molecule has 2 aromatic rings. The van der Waals surface area contributed by atoms with Crippen LogP contribution in [0.5, 0.6) is 0 Å². The van der Waals surface area contributed by atoms with Crippen LogP contribution >= 0.6 is 11.6 Å². The minimum Gasteiger partial charge on any atom is -0.350 e. The average molecular weight is 343 g/mol. The van der Waals surface area contributed by atoms with E-state index in [0.29, 0.717) is 17.1 Å². The van der Waals surface area contributed by atoms with E-state index in [2.05, 4.69) is 41.4 Å². The van der Waals surface area contributed by atoms with Gasteiger partial charge in [-0.2, -0.15) is 0 Å². The Labute approximate surface area is 148 Å². The summed E-state index contributed by atoms with van der Waals surface area (Å²) in [4.78, 5) is 14.9. The van der Waals surface area contributed by atoms with E-state index in [0.717, 1.165) is 13.1 Å². The Morgan fingerprint density at radius 2 is 1.88 bits per heavy atom. The lowest BCUT2D eigenvalue weighted by Crippen LogP contribution is -2.36. The van der Waals surface area contributed by atoms with Gasteiger partial charge < -0.3 is 5.32 Å². The fourth-order valence-electron chi connectivity index (χ4n) is 3.22. The summed E-state index contributed by atoms with van der Waals surface area (Å²) in [5.74, 6) is -0.0752. The highest BCUT2D eigenvalue weighted by Gasteiger charge is 2.24. The van der Waals surface area contributed by atoms with Crippen LogP contribution in [-0.4, -0.2) is 30.4 Å². The van der Waals surface area contributed by atoms with Gasteiger partial charge in [0.15, 0.2) is 0 Å². The third-order valence-corrected chi connectivity index (χ3v) is 4.82. The summed E-state index contributed by atoms with van der Waals surface area (Å²) in [5.41, 5.74) is 3.11. The molecule has 1 N–H and O–H groups in total. The number of aryl methyl sites for hydroxylation is 1. The standard InChI is InChI=1S/C20H23ClN2O/c1-15-7-9-16(10-8-15)19(23-11-2-3-12-23)14-22-20(24)17-5-4-6-18(21)13-17/h4-10,13,19H,2-3,11-12,14H2,1H3,(H,22,24). The minimum absolute atomic E-state index is 0.0752. The van der Waals surface area contributed by atoms with Gasteiger partial charge >= 0.3 is 0 Å². The van der Waals surface area contributed by atoms with Crippen molar-refractivity contribution in [2.24, 2.45) is 0 Å². The molecular formula is C20H23ClN2O. The topological polar surface area (TPSA) is 32.3 Å². The molecule has 4 heteroatoms. The molecule has 1 heterocycles. The van der Waals surface area contributed by atoms with Crippen molar-refractivity contribution in [3.63, 3.8) is 0 Å². The SMILES string of the molecule is Cc1ccc(C(CNC(=O)c2cccc(Cl)c2)N2CCCC2)cc1. The highest BCUT2D eigenvalue weighted by molar-refractivity contribution is 6.30. The van der Waals surface area contributed by atoms with E-state index in [1.54, 1.807) is 24.3 Å². The molecule has 0 bridgehead atoms. The van der Waals surface area contributed by atoms with Crippen LogP contribution in [0.2, 0.25) is 5.02 Å². The molecule has 0 aliphatic carbocycles. The largest absolute Gasteiger partial charge is 0.350 e. The maximum Gasteiger partial charge on any atom is 0.251 e. The number of rotatable bonds is 5. The first kappa shape index (κ1) is 17.0. The molecule has 1 saturated heterocycles. The van der Waals surface area contributed by atoms with Crippen LogP contribution in [0, 0.1) is 6.92 Å². The van der Waals surface area contributed by atoms with Gasteiger partial charge in [0.05, 0.1) is 6.04 Å². The summed E-state index contributed by atoms with van der Waals surface area (Å²) in [6.07, 6.45) is 2.45. The molecule has 1 aliphatic rings. The van der Waals surface area contributed by atoms with Gasteiger partial charge in [0.1, 0.15) is 0 Å². The van der Waals surface area contributed by atoms with Crippen LogP contribution in [0.3, 0.4) is 0 Å². The molecule has 0 spiro atoms. The maximum atomic E-state index is 12.4. The number of amides is 1. The molecule has 0 aromatic heterocycles. The van der Waals surface area contributed by atoms with Gasteiger partial charge in [-0.3, -0.25) is 9.69 Å². The number of hydrogen-bond donors (Lipinski definition) is 1. The molecule has 24 heavy (non-hydrogen) atoms. The molecule has 0 radical (unpaired) electrons. The summed E-state index contributed by atoms with van der Waals surface area (Å²) in [6, 6.07) is 15.9. The van der Waals surface area contributed by atoms with Crippen molar-refractivity contribution < 1.29 is 4.79 Å². The van der Waals surface area contributed by atoms with Crippen LogP contribution in [0.4, 0.5) is 0 Å². The third kappa shape index (κ3) is 4.16. The van der Waals surface area contributed by atoms with Crippen molar-refractivity contribution in [1.29, 1.82) is 0 Å². The second-order valence-corrected chi connectivity index (χ2v) is 6.83. The lowest BCUT2D eigenvalue weighted by molar-refractivity contribution is 0.0938. The van der Waals surface area contributed by atoms with Crippen molar-refractivity contribution in [3.8, 4) is 0 Å². The van der Waals surface area contributed by atoms with Crippen LogP contribution in [0.25, 0.3) is 0 Å². The summed E-state index contributed by atoms with van der Waals surface area (Å²) >= 11 is 5.98. The molecule has 1 aliphatic heterocycles. The van der Waals surface area contributed by atoms with Crippen molar-refractivity contribution in [2.75, 3.05) is 19.6 Å². The fourth-order valence-corrected chi connectivity index (χ4v) is 3.41. The number of carbonyl (C=O) groups is 1. The Morgan fingerprint density at radius 3 is 2.54 bits per heavy atom. The molecule has 0 saturated carbocycles. The molecule has 3 nitrogen and oxygen atoms in total. The van der Waals surface area contributed by atoms with E-state index in [1.165, 1.54) is 24.0 Å². The first-order chi connectivity index (χ1) is 11.6. The Hall–Kier alpha value is -1.84. The van der Waals surface area contributed by atoms with Gasteiger partial charge in [-0.1, -0.05) is 47.5 Å². The molecule has 1 amide bonds. The van der Waals surface area contributed by atoms with Gasteiger partial charge in [-0.05, 0) is 56.6 Å². The monoisotopic (exact) mass is 342 g/mol. The summed E-state index contributed by atoms with van der Waals surface area (Å²) in [7, 11) is 0. The predicted octanol–water partition coefficient (Wildman–Crippen LogP) is 4.22. The molecular weight excluding hydrogens is 320 g/mol.